The average molecular weight is 218 g/mol. The van der Waals surface area contributed by atoms with Gasteiger partial charge in [0, 0.05) is 5.71 Å². The molecular weight excluding hydrogens is 204 g/mol. The Hall–Kier alpha value is -1.91. The highest BCUT2D eigenvalue weighted by molar-refractivity contribution is 6.12. The van der Waals surface area contributed by atoms with Crippen molar-refractivity contribution < 1.29 is 4.79 Å². The summed E-state index contributed by atoms with van der Waals surface area (Å²) in [5, 5.41) is 5.61. The lowest BCUT2D eigenvalue weighted by atomic mass is 10.2. The summed E-state index contributed by atoms with van der Waals surface area (Å²) in [5.41, 5.74) is 7.03. The van der Waals surface area contributed by atoms with E-state index < -0.39 is 0 Å². The van der Waals surface area contributed by atoms with Gasteiger partial charge in [-0.25, -0.2) is 4.98 Å². The van der Waals surface area contributed by atoms with E-state index in [-0.39, 0.29) is 5.91 Å². The summed E-state index contributed by atoms with van der Waals surface area (Å²) < 4.78 is 0. The van der Waals surface area contributed by atoms with E-state index in [2.05, 4.69) is 17.0 Å². The maximum atomic E-state index is 11.7. The molecule has 16 heavy (non-hydrogen) atoms. The smallest absolute Gasteiger partial charge is 0.254 e. The molecule has 2 rings (SSSR count). The molecule has 1 aliphatic heterocycles. The second-order valence-electron chi connectivity index (χ2n) is 3.75. The molecule has 2 N–H and O–H groups in total. The molecule has 5 nitrogen and oxygen atoms in total. The zero-order chi connectivity index (χ0) is 11.5. The third kappa shape index (κ3) is 2.03. The quantitative estimate of drug-likeness (QED) is 0.836. The van der Waals surface area contributed by atoms with Crippen LogP contribution in [0.4, 0.5) is 11.5 Å². The largest absolute Gasteiger partial charge is 0.397 e. The van der Waals surface area contributed by atoms with Crippen molar-refractivity contribution in [3.63, 3.8) is 0 Å². The lowest BCUT2D eigenvalue weighted by Crippen LogP contribution is -2.20. The predicted octanol–water partition coefficient (Wildman–Crippen LogP) is 1.56. The van der Waals surface area contributed by atoms with E-state index in [9.17, 15) is 4.79 Å². The van der Waals surface area contributed by atoms with Gasteiger partial charge < -0.3 is 5.73 Å². The fraction of sp³-hybridized carbons (Fsp3) is 0.364. The van der Waals surface area contributed by atoms with Gasteiger partial charge in [0.2, 0.25) is 0 Å². The third-order valence-corrected chi connectivity index (χ3v) is 2.36. The Morgan fingerprint density at radius 2 is 2.31 bits per heavy atom. The summed E-state index contributed by atoms with van der Waals surface area (Å²) in [5.74, 6) is 0.506. The molecule has 1 aromatic heterocycles. The molecule has 1 aliphatic rings. The molecule has 1 aromatic rings. The normalized spacial score (nSPS) is 15.4. The van der Waals surface area contributed by atoms with Crippen molar-refractivity contribution in [3.05, 3.63) is 18.3 Å². The number of hydrogen-bond donors (Lipinski definition) is 1. The average Bonchev–Trinajstić information content (AvgIpc) is 2.61. The van der Waals surface area contributed by atoms with Crippen LogP contribution in [0, 0.1) is 0 Å². The molecule has 0 spiro atoms. The molecule has 0 saturated carbocycles. The Balaban J connectivity index is 2.21. The fourth-order valence-corrected chi connectivity index (χ4v) is 1.61. The number of nitrogen functional groups attached to an aromatic ring is 1. The number of rotatable bonds is 3. The van der Waals surface area contributed by atoms with Crippen LogP contribution in [0.25, 0.3) is 0 Å². The molecule has 0 saturated heterocycles. The van der Waals surface area contributed by atoms with E-state index in [1.807, 2.05) is 0 Å². The van der Waals surface area contributed by atoms with Gasteiger partial charge in [-0.15, -0.1) is 0 Å². The Morgan fingerprint density at radius 1 is 1.50 bits per heavy atom. The molecule has 1 amide bonds. The molecular formula is C11H14N4O. The number of hydrogen-bond acceptors (Lipinski definition) is 4. The fourth-order valence-electron chi connectivity index (χ4n) is 1.61. The Morgan fingerprint density at radius 3 is 2.94 bits per heavy atom. The Bertz CT molecular complexity index is 424. The van der Waals surface area contributed by atoms with E-state index in [1.54, 1.807) is 12.1 Å². The minimum atomic E-state index is -0.0271. The van der Waals surface area contributed by atoms with Gasteiger partial charge in [0.15, 0.2) is 5.82 Å². The van der Waals surface area contributed by atoms with Crippen LogP contribution < -0.4 is 10.7 Å². The van der Waals surface area contributed by atoms with Gasteiger partial charge in [-0.2, -0.15) is 10.1 Å². The highest BCUT2D eigenvalue weighted by Crippen LogP contribution is 2.20. The zero-order valence-corrected chi connectivity index (χ0v) is 9.18. The van der Waals surface area contributed by atoms with Gasteiger partial charge in [-0.3, -0.25) is 4.79 Å². The summed E-state index contributed by atoms with van der Waals surface area (Å²) in [6, 6.07) is 3.41. The van der Waals surface area contributed by atoms with Gasteiger partial charge in [0.25, 0.3) is 5.91 Å². The van der Waals surface area contributed by atoms with Crippen molar-refractivity contribution in [3.8, 4) is 0 Å². The van der Waals surface area contributed by atoms with Crippen molar-refractivity contribution in [1.29, 1.82) is 0 Å². The van der Waals surface area contributed by atoms with E-state index in [0.29, 0.717) is 17.9 Å². The minimum Gasteiger partial charge on any atom is -0.397 e. The van der Waals surface area contributed by atoms with Crippen LogP contribution in [0.2, 0.25) is 0 Å². The van der Waals surface area contributed by atoms with Crippen LogP contribution in [0.15, 0.2) is 23.4 Å². The minimum absolute atomic E-state index is 0.0271. The zero-order valence-electron chi connectivity index (χ0n) is 9.18. The number of carbonyl (C=O) groups is 1. The van der Waals surface area contributed by atoms with Crippen molar-refractivity contribution in [2.75, 3.05) is 10.7 Å². The van der Waals surface area contributed by atoms with Crippen LogP contribution in [0.3, 0.4) is 0 Å². The lowest BCUT2D eigenvalue weighted by molar-refractivity contribution is -0.116. The summed E-state index contributed by atoms with van der Waals surface area (Å²) in [6.07, 6.45) is 3.78. The molecule has 0 unspecified atom stereocenters. The molecule has 0 atom stereocenters. The number of nitrogens with two attached hydrogens (primary N) is 1. The molecule has 2 heterocycles. The third-order valence-electron chi connectivity index (χ3n) is 2.36. The molecule has 5 heteroatoms. The van der Waals surface area contributed by atoms with Gasteiger partial charge in [0.1, 0.15) is 0 Å². The highest BCUT2D eigenvalue weighted by atomic mass is 16.2. The van der Waals surface area contributed by atoms with E-state index in [4.69, 9.17) is 5.73 Å². The molecule has 0 fully saturated rings. The summed E-state index contributed by atoms with van der Waals surface area (Å²) in [4.78, 5) is 15.8. The van der Waals surface area contributed by atoms with Crippen LogP contribution in [0.1, 0.15) is 26.2 Å². The van der Waals surface area contributed by atoms with Crippen LogP contribution >= 0.6 is 0 Å². The highest BCUT2D eigenvalue weighted by Gasteiger charge is 2.25. The van der Waals surface area contributed by atoms with Gasteiger partial charge in [-0.05, 0) is 18.6 Å². The van der Waals surface area contributed by atoms with Crippen LogP contribution in [-0.2, 0) is 4.79 Å². The number of hydrazone groups is 1. The number of pyridine rings is 1. The summed E-state index contributed by atoms with van der Waals surface area (Å²) >= 11 is 0. The molecule has 0 bridgehead atoms. The SMILES string of the molecule is CCCC1=NN(c2ccc(N)cn2)C(=O)C1. The predicted molar refractivity (Wildman–Crippen MR) is 63.1 cm³/mol. The first-order chi connectivity index (χ1) is 7.70. The van der Waals surface area contributed by atoms with Crippen molar-refractivity contribution in [2.45, 2.75) is 26.2 Å². The maximum Gasteiger partial charge on any atom is 0.254 e. The second-order valence-corrected chi connectivity index (χ2v) is 3.75. The first-order valence-corrected chi connectivity index (χ1v) is 5.31. The molecule has 0 radical (unpaired) electrons. The van der Waals surface area contributed by atoms with Crippen molar-refractivity contribution >= 4 is 23.1 Å². The van der Waals surface area contributed by atoms with Crippen LogP contribution in [0.5, 0.6) is 0 Å². The lowest BCUT2D eigenvalue weighted by Gasteiger charge is -2.09. The first-order valence-electron chi connectivity index (χ1n) is 5.31. The molecule has 0 aliphatic carbocycles. The van der Waals surface area contributed by atoms with Gasteiger partial charge in [0.05, 0.1) is 18.3 Å². The topological polar surface area (TPSA) is 71.6 Å². The molecule has 84 valence electrons. The van der Waals surface area contributed by atoms with Crippen molar-refractivity contribution in [2.24, 2.45) is 5.10 Å². The van der Waals surface area contributed by atoms with Crippen molar-refractivity contribution in [1.82, 2.24) is 4.98 Å². The number of aromatic nitrogens is 1. The van der Waals surface area contributed by atoms with Gasteiger partial charge >= 0.3 is 0 Å². The number of anilines is 2. The van der Waals surface area contributed by atoms with E-state index in [1.165, 1.54) is 11.2 Å². The molecule has 0 aromatic carbocycles. The Labute approximate surface area is 94.0 Å². The monoisotopic (exact) mass is 218 g/mol. The summed E-state index contributed by atoms with van der Waals surface area (Å²) in [7, 11) is 0. The van der Waals surface area contributed by atoms with E-state index in [0.717, 1.165) is 18.6 Å². The second kappa shape index (κ2) is 4.30. The number of carbonyl (C=O) groups excluding carboxylic acids is 1. The number of amides is 1. The maximum absolute atomic E-state index is 11.7. The van der Waals surface area contributed by atoms with Gasteiger partial charge in [-0.1, -0.05) is 13.3 Å². The Kier molecular flexibility index (Phi) is 2.85. The summed E-state index contributed by atoms with van der Waals surface area (Å²) in [6.45, 7) is 2.07. The first kappa shape index (κ1) is 10.6. The van der Waals surface area contributed by atoms with Crippen LogP contribution in [-0.4, -0.2) is 16.6 Å². The standard InChI is InChI=1S/C11H14N4O/c1-2-3-9-6-11(16)15(14-9)10-5-4-8(12)7-13-10/h4-5,7H,2-3,6,12H2,1H3. The van der Waals surface area contributed by atoms with E-state index >= 15 is 0 Å². The number of nitrogens with zero attached hydrogens (tertiary/aromatic N) is 3.